The smallest absolute Gasteiger partial charge is 0.127 e. The zero-order valence-electron chi connectivity index (χ0n) is 41.1. The van der Waals surface area contributed by atoms with Gasteiger partial charge in [0.2, 0.25) is 0 Å². The van der Waals surface area contributed by atoms with E-state index in [0.717, 1.165) is 38.9 Å². The van der Waals surface area contributed by atoms with Crippen LogP contribution in [0, 0.1) is 50.6 Å². The Bertz CT molecular complexity index is 2380. The summed E-state index contributed by atoms with van der Waals surface area (Å²) in [5.74, 6) is 28.4. The average molecular weight is 937 g/mol. The molecule has 4 aromatic rings. The number of hydrogen-bond donors (Lipinski definition) is 0. The Morgan fingerprint density at radius 3 is 0.705 bits per heavy atom. The van der Waals surface area contributed by atoms with Gasteiger partial charge in [0.05, 0.1) is 0 Å². The lowest BCUT2D eigenvalue weighted by molar-refractivity contribution is 0.821. The number of halogens is 1. The van der Waals surface area contributed by atoms with Crippen molar-refractivity contribution in [2.75, 3.05) is 0 Å². The number of rotatable bonds is 8. The van der Waals surface area contributed by atoms with Crippen LogP contribution in [0.15, 0.2) is 48.5 Å². The van der Waals surface area contributed by atoms with Gasteiger partial charge < -0.3 is 0 Å². The second kappa shape index (κ2) is 21.0. The predicted molar refractivity (Wildman–Crippen MR) is 279 cm³/mol. The van der Waals surface area contributed by atoms with Crippen LogP contribution in [0.25, 0.3) is 0 Å². The maximum absolute atomic E-state index is 3.74. The van der Waals surface area contributed by atoms with Crippen LogP contribution in [0.2, 0.25) is 19.6 Å². The molecule has 0 spiro atoms. The summed E-state index contributed by atoms with van der Waals surface area (Å²) < 4.78 is 1.37. The van der Waals surface area contributed by atoms with Crippen LogP contribution in [0.5, 0.6) is 0 Å². The Hall–Kier alpha value is -3.93. The second-order valence-electron chi connectivity index (χ2n) is 20.5. The van der Waals surface area contributed by atoms with Gasteiger partial charge in [-0.1, -0.05) is 172 Å². The van der Waals surface area contributed by atoms with E-state index < -0.39 is 8.07 Å². The quantitative estimate of drug-likeness (QED) is 0.0938. The molecule has 61 heavy (non-hydrogen) atoms. The summed E-state index contributed by atoms with van der Waals surface area (Å²) in [7, 11) is -1.51. The lowest BCUT2D eigenvalue weighted by atomic mass is 9.85. The molecule has 0 aliphatic carbocycles. The Morgan fingerprint density at radius 1 is 0.311 bits per heavy atom. The molecule has 4 rings (SSSR count). The van der Waals surface area contributed by atoms with Gasteiger partial charge >= 0.3 is 0 Å². The average Bonchev–Trinajstić information content (AvgIpc) is 3.16. The highest BCUT2D eigenvalue weighted by Crippen LogP contribution is 2.34. The minimum Gasteiger partial charge on any atom is -0.127 e. The van der Waals surface area contributed by atoms with E-state index in [4.69, 9.17) is 0 Å². The fourth-order valence-corrected chi connectivity index (χ4v) is 9.77. The van der Waals surface area contributed by atoms with E-state index in [1.807, 2.05) is 0 Å². The molecule has 0 aliphatic heterocycles. The molecule has 0 nitrogen and oxygen atoms in total. The molecule has 0 fully saturated rings. The van der Waals surface area contributed by atoms with E-state index in [1.165, 1.54) is 48.1 Å². The van der Waals surface area contributed by atoms with Crippen LogP contribution in [0.1, 0.15) is 242 Å². The lowest BCUT2D eigenvalue weighted by Gasteiger charge is -2.18. The summed E-state index contributed by atoms with van der Waals surface area (Å²) in [6.07, 6.45) is 0. The first-order chi connectivity index (χ1) is 28.4. The van der Waals surface area contributed by atoms with Gasteiger partial charge in [0, 0.05) is 42.5 Å². The zero-order valence-corrected chi connectivity index (χ0v) is 44.3. The molecule has 2 heteroatoms. The first-order valence-electron chi connectivity index (χ1n) is 22.9. The van der Waals surface area contributed by atoms with Crippen LogP contribution in [0.3, 0.4) is 0 Å². The van der Waals surface area contributed by atoms with Gasteiger partial charge in [-0.25, -0.2) is 0 Å². The summed E-state index contributed by atoms with van der Waals surface area (Å²) in [5, 5.41) is 0. The van der Waals surface area contributed by atoms with Crippen molar-refractivity contribution in [2.24, 2.45) is 0 Å². The van der Waals surface area contributed by atoms with E-state index in [9.17, 15) is 0 Å². The molecule has 320 valence electrons. The summed E-state index contributed by atoms with van der Waals surface area (Å²) in [5.41, 5.74) is 21.7. The molecular formula is C59H73ISi. The fraction of sp³-hybridized carbons (Fsp3) is 0.458. The zero-order chi connectivity index (χ0) is 45.7. The van der Waals surface area contributed by atoms with Crippen molar-refractivity contribution in [3.05, 3.63) is 136 Å². The van der Waals surface area contributed by atoms with Gasteiger partial charge in [-0.05, 0) is 163 Å². The maximum atomic E-state index is 3.74. The Labute approximate surface area is 388 Å². The van der Waals surface area contributed by atoms with E-state index in [1.54, 1.807) is 0 Å². The SMILES string of the molecule is CC(C)c1cc(C#Cc2c(C(C)C)cc(C#Cc3c(C(C)C)cc(C#Cc4c(C(C)C)cc(C#C[Si](C)(C)C)cc4C(C)C)cc3C(C)C)cc2C(C)C)cc(C(C)C)c1I. The van der Waals surface area contributed by atoms with Gasteiger partial charge in [0.25, 0.3) is 0 Å². The van der Waals surface area contributed by atoms with E-state index in [-0.39, 0.29) is 11.8 Å². The Morgan fingerprint density at radius 2 is 0.508 bits per heavy atom. The summed E-state index contributed by atoms with van der Waals surface area (Å²) in [6.45, 7) is 43.3. The first-order valence-corrected chi connectivity index (χ1v) is 27.4. The van der Waals surface area contributed by atoms with E-state index in [0.29, 0.717) is 35.5 Å². The molecule has 0 saturated carbocycles. The minimum absolute atomic E-state index is 0.286. The van der Waals surface area contributed by atoms with Crippen LogP contribution in [-0.4, -0.2) is 8.07 Å². The number of hydrogen-bond acceptors (Lipinski definition) is 0. The molecule has 0 unspecified atom stereocenters. The van der Waals surface area contributed by atoms with E-state index in [2.05, 4.69) is 249 Å². The van der Waals surface area contributed by atoms with Crippen LogP contribution in [-0.2, 0) is 0 Å². The van der Waals surface area contributed by atoms with Gasteiger partial charge in [-0.15, -0.1) is 5.54 Å². The van der Waals surface area contributed by atoms with Gasteiger partial charge in [0.15, 0.2) is 0 Å². The third kappa shape index (κ3) is 12.8. The second-order valence-corrected chi connectivity index (χ2v) is 26.4. The Kier molecular flexibility index (Phi) is 17.1. The third-order valence-electron chi connectivity index (χ3n) is 11.3. The van der Waals surface area contributed by atoms with Crippen LogP contribution < -0.4 is 0 Å². The normalized spacial score (nSPS) is 11.6. The van der Waals surface area contributed by atoms with Crippen molar-refractivity contribution in [1.82, 2.24) is 0 Å². The number of benzene rings is 4. The van der Waals surface area contributed by atoms with Crippen LogP contribution in [0.4, 0.5) is 0 Å². The van der Waals surface area contributed by atoms with Crippen molar-refractivity contribution >= 4 is 30.7 Å². The lowest BCUT2D eigenvalue weighted by Crippen LogP contribution is -2.16. The molecule has 0 heterocycles. The van der Waals surface area contributed by atoms with Crippen molar-refractivity contribution in [1.29, 1.82) is 0 Å². The summed E-state index contributed by atoms with van der Waals surface area (Å²) in [4.78, 5) is 0. The summed E-state index contributed by atoms with van der Waals surface area (Å²) in [6, 6.07) is 18.4. The molecule has 0 atom stereocenters. The maximum Gasteiger partial charge on any atom is 0.129 e. The standard InChI is InChI=1S/C59H73ISi/c1-36(2)51-28-45(21-24-50-55(40(9)10)32-47(26-27-61(17,18)19)33-56(50)41(11)12)29-52(37(3)4)48(51)23-20-44-30-53(38(5)6)49(54(31-44)39(7)8)25-22-46-34-57(42(13)14)59(60)58(35-46)43(15)16/h28-43H,1-19H3. The minimum atomic E-state index is -1.51. The summed E-state index contributed by atoms with van der Waals surface area (Å²) >= 11 is 2.53. The predicted octanol–water partition coefficient (Wildman–Crippen LogP) is 16.7. The highest BCUT2D eigenvalue weighted by molar-refractivity contribution is 14.1. The Balaban J connectivity index is 1.89. The molecule has 0 N–H and O–H groups in total. The van der Waals surface area contributed by atoms with Gasteiger partial charge in [-0.3, -0.25) is 0 Å². The van der Waals surface area contributed by atoms with Crippen molar-refractivity contribution in [3.63, 3.8) is 0 Å². The van der Waals surface area contributed by atoms with Gasteiger partial charge in [-0.2, -0.15) is 0 Å². The van der Waals surface area contributed by atoms with E-state index >= 15 is 0 Å². The molecule has 0 amide bonds. The van der Waals surface area contributed by atoms with Crippen molar-refractivity contribution in [2.45, 2.75) is 178 Å². The molecular weight excluding hydrogens is 864 g/mol. The third-order valence-corrected chi connectivity index (χ3v) is 13.4. The largest absolute Gasteiger partial charge is 0.129 e. The molecule has 0 saturated heterocycles. The molecule has 0 aromatic heterocycles. The van der Waals surface area contributed by atoms with Gasteiger partial charge in [0.1, 0.15) is 8.07 Å². The fourth-order valence-electron chi connectivity index (χ4n) is 7.69. The molecule has 0 radical (unpaired) electrons. The highest BCUT2D eigenvalue weighted by Gasteiger charge is 2.19. The molecule has 0 aliphatic rings. The molecule has 0 bridgehead atoms. The molecule has 4 aromatic carbocycles. The first kappa shape index (κ1) is 49.7. The van der Waals surface area contributed by atoms with Crippen molar-refractivity contribution in [3.8, 4) is 47.0 Å². The van der Waals surface area contributed by atoms with Crippen molar-refractivity contribution < 1.29 is 0 Å². The van der Waals surface area contributed by atoms with Crippen LogP contribution >= 0.6 is 22.6 Å². The topological polar surface area (TPSA) is 0 Å². The highest BCUT2D eigenvalue weighted by atomic mass is 127. The monoisotopic (exact) mass is 936 g/mol.